The summed E-state index contributed by atoms with van der Waals surface area (Å²) in [6.45, 7) is 6.47. The van der Waals surface area contributed by atoms with Gasteiger partial charge in [0.2, 0.25) is 0 Å². The van der Waals surface area contributed by atoms with E-state index in [2.05, 4.69) is 25.7 Å². The number of ether oxygens (including phenoxy) is 1. The molecule has 0 spiro atoms. The first-order chi connectivity index (χ1) is 10.4. The molecular weight excluding hydrogens is 290 g/mol. The summed E-state index contributed by atoms with van der Waals surface area (Å²) < 4.78 is 11.8. The molecule has 1 fully saturated rings. The van der Waals surface area contributed by atoms with E-state index in [-0.39, 0.29) is 5.92 Å². The maximum atomic E-state index is 10.1. The summed E-state index contributed by atoms with van der Waals surface area (Å²) in [5.74, 6) is 1.10. The van der Waals surface area contributed by atoms with E-state index in [1.807, 2.05) is 24.3 Å². The number of rotatable bonds is 5. The highest BCUT2D eigenvalue weighted by molar-refractivity contribution is 6.69. The number of hydrogen-bond acceptors (Lipinski definition) is 3. The molecule has 0 aliphatic heterocycles. The second-order valence-electron chi connectivity index (χ2n) is 7.13. The Labute approximate surface area is 135 Å². The van der Waals surface area contributed by atoms with E-state index in [1.165, 1.54) is 19.3 Å². The lowest BCUT2D eigenvalue weighted by Gasteiger charge is -2.41. The Morgan fingerprint density at radius 1 is 1.09 bits per heavy atom. The van der Waals surface area contributed by atoms with E-state index < -0.39 is 13.9 Å². The fraction of sp³-hybridized carbons (Fsp3) is 0.611. The van der Waals surface area contributed by atoms with Gasteiger partial charge in [0.1, 0.15) is 11.8 Å². The van der Waals surface area contributed by atoms with Crippen molar-refractivity contribution in [2.75, 3.05) is 7.11 Å². The van der Waals surface area contributed by atoms with E-state index in [9.17, 15) is 5.26 Å². The third-order valence-electron chi connectivity index (χ3n) is 4.33. The summed E-state index contributed by atoms with van der Waals surface area (Å²) in [6.07, 6.45) is 5.81. The molecule has 0 aromatic heterocycles. The summed E-state index contributed by atoms with van der Waals surface area (Å²) >= 11 is 0. The van der Waals surface area contributed by atoms with Crippen LogP contribution in [0.5, 0.6) is 5.75 Å². The Hall–Kier alpha value is -1.31. The number of nitriles is 1. The van der Waals surface area contributed by atoms with E-state index in [4.69, 9.17) is 9.16 Å². The summed E-state index contributed by atoms with van der Waals surface area (Å²) in [7, 11) is -0.197. The van der Waals surface area contributed by atoms with Gasteiger partial charge < -0.3 is 9.16 Å². The molecule has 0 saturated heterocycles. The number of benzene rings is 1. The van der Waals surface area contributed by atoms with Crippen LogP contribution in [0.3, 0.4) is 0 Å². The average Bonchev–Trinajstić information content (AvgIpc) is 2.53. The molecule has 0 bridgehead atoms. The summed E-state index contributed by atoms with van der Waals surface area (Å²) in [6, 6.07) is 10.4. The van der Waals surface area contributed by atoms with Crippen LogP contribution in [-0.2, 0) is 10.0 Å². The molecule has 22 heavy (non-hydrogen) atoms. The smallest absolute Gasteiger partial charge is 0.186 e. The van der Waals surface area contributed by atoms with Crippen LogP contribution in [0.25, 0.3) is 0 Å². The molecule has 1 saturated carbocycles. The molecule has 0 radical (unpaired) electrons. The topological polar surface area (TPSA) is 42.2 Å². The molecule has 3 nitrogen and oxygen atoms in total. The molecule has 120 valence electrons. The molecular formula is C18H27NO2Si. The van der Waals surface area contributed by atoms with Gasteiger partial charge in [-0.3, -0.25) is 0 Å². The first-order valence-electron chi connectivity index (χ1n) is 8.17. The van der Waals surface area contributed by atoms with Crippen LogP contribution >= 0.6 is 0 Å². The Kier molecular flexibility index (Phi) is 5.31. The van der Waals surface area contributed by atoms with Gasteiger partial charge in [0.15, 0.2) is 13.9 Å². The fourth-order valence-electron chi connectivity index (χ4n) is 3.39. The molecule has 1 aliphatic carbocycles. The van der Waals surface area contributed by atoms with Crippen molar-refractivity contribution in [2.45, 2.75) is 57.3 Å². The standard InChI is InChI=1S/C18H27NO2Si/c1-20-17-12-10-16(11-13-17)18(14-19,21-22(2,3)4)15-8-6-5-7-9-15/h10-13,15H,5-9H2,1-4H3. The lowest BCUT2D eigenvalue weighted by molar-refractivity contribution is 0.0316. The molecule has 2 rings (SSSR count). The van der Waals surface area contributed by atoms with Gasteiger partial charge in [-0.25, -0.2) is 0 Å². The fourth-order valence-corrected chi connectivity index (χ4v) is 4.68. The van der Waals surface area contributed by atoms with Gasteiger partial charge in [-0.2, -0.15) is 5.26 Å². The Morgan fingerprint density at radius 3 is 2.14 bits per heavy atom. The Bertz CT molecular complexity index is 524. The first kappa shape index (κ1) is 17.0. The molecule has 1 aromatic rings. The molecule has 4 heteroatoms. The third kappa shape index (κ3) is 3.71. The highest BCUT2D eigenvalue weighted by Gasteiger charge is 2.45. The minimum atomic E-state index is -1.86. The van der Waals surface area contributed by atoms with Crippen LogP contribution in [0.2, 0.25) is 19.6 Å². The quantitative estimate of drug-likeness (QED) is 0.729. The average molecular weight is 318 g/mol. The predicted octanol–water partition coefficient (Wildman–Crippen LogP) is 4.85. The van der Waals surface area contributed by atoms with Crippen molar-refractivity contribution in [1.82, 2.24) is 0 Å². The van der Waals surface area contributed by atoms with Gasteiger partial charge in [0.05, 0.1) is 7.11 Å². The lowest BCUT2D eigenvalue weighted by Crippen LogP contribution is -2.45. The van der Waals surface area contributed by atoms with E-state index >= 15 is 0 Å². The maximum absolute atomic E-state index is 10.1. The van der Waals surface area contributed by atoms with Crippen LogP contribution in [0.1, 0.15) is 37.7 Å². The van der Waals surface area contributed by atoms with E-state index in [0.29, 0.717) is 0 Å². The lowest BCUT2D eigenvalue weighted by atomic mass is 9.74. The normalized spacial score (nSPS) is 19.2. The number of methoxy groups -OCH3 is 1. The van der Waals surface area contributed by atoms with Gasteiger partial charge in [0, 0.05) is 5.92 Å². The van der Waals surface area contributed by atoms with Crippen molar-refractivity contribution in [3.05, 3.63) is 29.8 Å². The van der Waals surface area contributed by atoms with Crippen LogP contribution in [0.15, 0.2) is 24.3 Å². The highest BCUT2D eigenvalue weighted by atomic mass is 28.4. The zero-order valence-corrected chi connectivity index (χ0v) is 15.2. The third-order valence-corrected chi connectivity index (χ3v) is 5.27. The second kappa shape index (κ2) is 6.85. The van der Waals surface area contributed by atoms with Gasteiger partial charge in [0.25, 0.3) is 0 Å². The monoisotopic (exact) mass is 317 g/mol. The largest absolute Gasteiger partial charge is 0.497 e. The SMILES string of the molecule is COc1ccc(C(C#N)(O[Si](C)(C)C)C2CCCCC2)cc1. The molecule has 1 aliphatic rings. The minimum Gasteiger partial charge on any atom is -0.497 e. The molecule has 0 amide bonds. The van der Waals surface area contributed by atoms with Crippen LogP contribution in [-0.4, -0.2) is 15.4 Å². The number of nitrogens with zero attached hydrogens (tertiary/aromatic N) is 1. The van der Waals surface area contributed by atoms with Crippen LogP contribution < -0.4 is 4.74 Å². The van der Waals surface area contributed by atoms with Gasteiger partial charge in [-0.15, -0.1) is 0 Å². The van der Waals surface area contributed by atoms with Gasteiger partial charge >= 0.3 is 0 Å². The molecule has 0 heterocycles. The van der Waals surface area contributed by atoms with Crippen LogP contribution in [0, 0.1) is 17.2 Å². The molecule has 0 N–H and O–H groups in total. The second-order valence-corrected chi connectivity index (χ2v) is 11.6. The molecule has 1 unspecified atom stereocenters. The van der Waals surface area contributed by atoms with E-state index in [0.717, 1.165) is 24.2 Å². The molecule has 1 aromatic carbocycles. The van der Waals surface area contributed by atoms with Gasteiger partial charge in [-0.05, 0) is 50.2 Å². The van der Waals surface area contributed by atoms with E-state index in [1.54, 1.807) is 7.11 Å². The van der Waals surface area contributed by atoms with Crippen LogP contribution in [0.4, 0.5) is 0 Å². The Balaban J connectivity index is 2.44. The zero-order valence-electron chi connectivity index (χ0n) is 14.2. The number of hydrogen-bond donors (Lipinski definition) is 0. The summed E-state index contributed by atoms with van der Waals surface area (Å²) in [4.78, 5) is 0. The van der Waals surface area contributed by atoms with Crippen molar-refractivity contribution in [1.29, 1.82) is 5.26 Å². The molecule has 1 atom stereocenters. The minimum absolute atomic E-state index is 0.284. The predicted molar refractivity (Wildman–Crippen MR) is 91.3 cm³/mol. The van der Waals surface area contributed by atoms with Crippen molar-refractivity contribution in [3.8, 4) is 11.8 Å². The van der Waals surface area contributed by atoms with Crippen molar-refractivity contribution in [3.63, 3.8) is 0 Å². The Morgan fingerprint density at radius 2 is 1.68 bits per heavy atom. The first-order valence-corrected chi connectivity index (χ1v) is 11.6. The summed E-state index contributed by atoms with van der Waals surface area (Å²) in [5.41, 5.74) is 0.169. The van der Waals surface area contributed by atoms with Crippen molar-refractivity contribution in [2.24, 2.45) is 5.92 Å². The summed E-state index contributed by atoms with van der Waals surface area (Å²) in [5, 5.41) is 10.1. The maximum Gasteiger partial charge on any atom is 0.186 e. The highest BCUT2D eigenvalue weighted by Crippen LogP contribution is 2.43. The van der Waals surface area contributed by atoms with Crippen molar-refractivity contribution < 1.29 is 9.16 Å². The zero-order chi connectivity index (χ0) is 16.2. The van der Waals surface area contributed by atoms with Crippen molar-refractivity contribution >= 4 is 8.32 Å². The van der Waals surface area contributed by atoms with Gasteiger partial charge in [-0.1, -0.05) is 31.4 Å².